The van der Waals surface area contributed by atoms with E-state index in [9.17, 15) is 4.79 Å². The first-order valence-corrected chi connectivity index (χ1v) is 12.6. The molecule has 0 unspecified atom stereocenters. The van der Waals surface area contributed by atoms with Gasteiger partial charge in [-0.25, -0.2) is 5.43 Å². The number of nitrogens with zero attached hydrogens (tertiary/aromatic N) is 1. The first kappa shape index (κ1) is 26.1. The second-order valence-electron chi connectivity index (χ2n) is 7.66. The highest BCUT2D eigenvalue weighted by atomic mass is 127. The molecule has 1 N–H and O–H groups in total. The highest BCUT2D eigenvalue weighted by Gasteiger charge is 2.15. The Morgan fingerprint density at radius 3 is 2.39 bits per heavy atom. The minimum atomic E-state index is -0.379. The smallest absolute Gasteiger partial charge is 0.275 e. The Hall–Kier alpha value is -3.01. The minimum absolute atomic E-state index is 0.249. The Morgan fingerprint density at radius 1 is 0.972 bits per heavy atom. The van der Waals surface area contributed by atoms with Gasteiger partial charge in [-0.3, -0.25) is 4.79 Å². The van der Waals surface area contributed by atoms with Crippen LogP contribution in [0.3, 0.4) is 0 Å². The van der Waals surface area contributed by atoms with E-state index in [1.54, 1.807) is 31.4 Å². The zero-order valence-electron chi connectivity index (χ0n) is 19.3. The molecule has 9 heteroatoms. The SMILES string of the molecule is COc1cc2ccccc2cc1C(=O)N/N=C\c1cc(I)c(OCc2ccc(Cl)cc2Cl)c(OC)c1. The molecule has 0 spiro atoms. The molecule has 4 aromatic carbocycles. The molecule has 0 aliphatic rings. The van der Waals surface area contributed by atoms with Crippen LogP contribution in [0.15, 0.2) is 71.8 Å². The van der Waals surface area contributed by atoms with Gasteiger partial charge in [0, 0.05) is 15.6 Å². The van der Waals surface area contributed by atoms with Crippen molar-refractivity contribution in [1.29, 1.82) is 0 Å². The molecule has 0 aliphatic carbocycles. The molecule has 4 aromatic rings. The highest BCUT2D eigenvalue weighted by molar-refractivity contribution is 14.1. The number of halogens is 3. The molecule has 0 aromatic heterocycles. The fourth-order valence-electron chi connectivity index (χ4n) is 3.53. The monoisotopic (exact) mass is 634 g/mol. The van der Waals surface area contributed by atoms with E-state index in [0.717, 1.165) is 25.5 Å². The normalized spacial score (nSPS) is 11.0. The number of hydrogen-bond acceptors (Lipinski definition) is 5. The van der Waals surface area contributed by atoms with Crippen molar-refractivity contribution in [2.75, 3.05) is 14.2 Å². The third kappa shape index (κ3) is 6.03. The summed E-state index contributed by atoms with van der Waals surface area (Å²) in [7, 11) is 3.09. The van der Waals surface area contributed by atoms with E-state index in [1.165, 1.54) is 13.3 Å². The van der Waals surface area contributed by atoms with Gasteiger partial charge < -0.3 is 14.2 Å². The van der Waals surface area contributed by atoms with Crippen LogP contribution in [-0.4, -0.2) is 26.3 Å². The quantitative estimate of drug-likeness (QED) is 0.127. The van der Waals surface area contributed by atoms with Crippen LogP contribution in [0.2, 0.25) is 10.0 Å². The first-order valence-electron chi connectivity index (χ1n) is 10.7. The van der Waals surface area contributed by atoms with Crippen LogP contribution >= 0.6 is 45.8 Å². The number of ether oxygens (including phenoxy) is 3. The second-order valence-corrected chi connectivity index (χ2v) is 9.66. The maximum atomic E-state index is 12.8. The molecule has 0 atom stereocenters. The summed E-state index contributed by atoms with van der Waals surface area (Å²) in [5.74, 6) is 1.19. The van der Waals surface area contributed by atoms with Crippen molar-refractivity contribution >= 4 is 68.7 Å². The summed E-state index contributed by atoms with van der Waals surface area (Å²) in [6, 6.07) is 20.3. The third-order valence-corrected chi connectivity index (χ3v) is 6.72. The van der Waals surface area contributed by atoms with E-state index in [-0.39, 0.29) is 12.5 Å². The van der Waals surface area contributed by atoms with E-state index in [2.05, 4.69) is 33.1 Å². The van der Waals surface area contributed by atoms with Crippen molar-refractivity contribution in [2.45, 2.75) is 6.61 Å². The molecule has 4 rings (SSSR count). The zero-order valence-corrected chi connectivity index (χ0v) is 23.0. The van der Waals surface area contributed by atoms with Crippen LogP contribution in [0, 0.1) is 3.57 Å². The van der Waals surface area contributed by atoms with E-state index >= 15 is 0 Å². The van der Waals surface area contributed by atoms with E-state index in [1.807, 2.05) is 42.5 Å². The Labute approximate surface area is 232 Å². The van der Waals surface area contributed by atoms with Gasteiger partial charge in [-0.1, -0.05) is 53.5 Å². The van der Waals surface area contributed by atoms with Gasteiger partial charge in [0.15, 0.2) is 11.5 Å². The lowest BCUT2D eigenvalue weighted by Crippen LogP contribution is -2.18. The van der Waals surface area contributed by atoms with Crippen molar-refractivity contribution in [2.24, 2.45) is 5.10 Å². The van der Waals surface area contributed by atoms with Crippen molar-refractivity contribution in [3.8, 4) is 17.2 Å². The standard InChI is InChI=1S/C27H21Cl2IN2O4/c1-34-24-12-18-6-4-3-5-17(18)11-21(24)27(33)32-31-14-16-9-23(30)26(25(10-16)35-2)36-15-19-7-8-20(28)13-22(19)29/h3-14H,15H2,1-2H3,(H,32,33)/b31-14-. The average Bonchev–Trinajstić information content (AvgIpc) is 2.87. The molecule has 0 radical (unpaired) electrons. The van der Waals surface area contributed by atoms with Gasteiger partial charge in [0.05, 0.1) is 29.6 Å². The molecule has 0 heterocycles. The number of benzene rings is 4. The number of rotatable bonds is 8. The number of hydrazone groups is 1. The maximum Gasteiger partial charge on any atom is 0.275 e. The predicted octanol–water partition coefficient (Wildman–Crippen LogP) is 7.11. The molecule has 1 amide bonds. The molecule has 0 fully saturated rings. The summed E-state index contributed by atoms with van der Waals surface area (Å²) in [5, 5.41) is 7.13. The van der Waals surface area contributed by atoms with Crippen molar-refractivity contribution in [3.63, 3.8) is 0 Å². The number of carbonyl (C=O) groups excluding carboxylic acids is 1. The minimum Gasteiger partial charge on any atom is -0.496 e. The summed E-state index contributed by atoms with van der Waals surface area (Å²) in [6.07, 6.45) is 1.54. The fraction of sp³-hybridized carbons (Fsp3) is 0.111. The summed E-state index contributed by atoms with van der Waals surface area (Å²) >= 11 is 14.4. The van der Waals surface area contributed by atoms with Gasteiger partial charge in [0.1, 0.15) is 12.4 Å². The lowest BCUT2D eigenvalue weighted by Gasteiger charge is -2.14. The molecule has 0 bridgehead atoms. The van der Waals surface area contributed by atoms with E-state index in [0.29, 0.717) is 32.9 Å². The number of fused-ring (bicyclic) bond motifs is 1. The number of methoxy groups -OCH3 is 2. The summed E-state index contributed by atoms with van der Waals surface area (Å²) in [4.78, 5) is 12.8. The first-order chi connectivity index (χ1) is 17.4. The lowest BCUT2D eigenvalue weighted by atomic mass is 10.1. The van der Waals surface area contributed by atoms with Crippen LogP contribution in [-0.2, 0) is 6.61 Å². The molecule has 6 nitrogen and oxygen atoms in total. The number of amides is 1. The molecule has 0 aliphatic heterocycles. The Bertz CT molecular complexity index is 1460. The molecule has 36 heavy (non-hydrogen) atoms. The summed E-state index contributed by atoms with van der Waals surface area (Å²) in [6.45, 7) is 0.249. The van der Waals surface area contributed by atoms with Crippen LogP contribution < -0.4 is 19.6 Å². The Morgan fingerprint density at radius 2 is 1.69 bits per heavy atom. The van der Waals surface area contributed by atoms with Gasteiger partial charge in [0.2, 0.25) is 0 Å². The topological polar surface area (TPSA) is 69.2 Å². The fourth-order valence-corrected chi connectivity index (χ4v) is 4.78. The van der Waals surface area contributed by atoms with Gasteiger partial charge >= 0.3 is 0 Å². The maximum absolute atomic E-state index is 12.8. The predicted molar refractivity (Wildman–Crippen MR) is 152 cm³/mol. The average molecular weight is 635 g/mol. The van der Waals surface area contributed by atoms with Gasteiger partial charge in [-0.15, -0.1) is 0 Å². The van der Waals surface area contributed by atoms with Gasteiger partial charge in [0.25, 0.3) is 5.91 Å². The van der Waals surface area contributed by atoms with Crippen LogP contribution in [0.4, 0.5) is 0 Å². The van der Waals surface area contributed by atoms with Crippen molar-refractivity contribution < 1.29 is 19.0 Å². The highest BCUT2D eigenvalue weighted by Crippen LogP contribution is 2.35. The van der Waals surface area contributed by atoms with Crippen LogP contribution in [0.1, 0.15) is 21.5 Å². The second kappa shape index (κ2) is 11.8. The number of hydrogen-bond donors (Lipinski definition) is 1. The summed E-state index contributed by atoms with van der Waals surface area (Å²) < 4.78 is 17.7. The van der Waals surface area contributed by atoms with Crippen molar-refractivity contribution in [1.82, 2.24) is 5.43 Å². The Balaban J connectivity index is 1.49. The number of carbonyl (C=O) groups is 1. The van der Waals surface area contributed by atoms with E-state index in [4.69, 9.17) is 37.4 Å². The number of nitrogens with one attached hydrogen (secondary N) is 1. The summed E-state index contributed by atoms with van der Waals surface area (Å²) in [5.41, 5.74) is 4.48. The third-order valence-electron chi connectivity index (χ3n) is 5.33. The molecular weight excluding hydrogens is 614 g/mol. The lowest BCUT2D eigenvalue weighted by molar-refractivity contribution is 0.0952. The van der Waals surface area contributed by atoms with Gasteiger partial charge in [-0.2, -0.15) is 5.10 Å². The van der Waals surface area contributed by atoms with Crippen LogP contribution in [0.5, 0.6) is 17.2 Å². The zero-order chi connectivity index (χ0) is 25.7. The Kier molecular flexibility index (Phi) is 8.56. The molecule has 0 saturated heterocycles. The molecular formula is C27H21Cl2IN2O4. The molecule has 0 saturated carbocycles. The van der Waals surface area contributed by atoms with E-state index < -0.39 is 0 Å². The van der Waals surface area contributed by atoms with Gasteiger partial charge in [-0.05, 0) is 75.3 Å². The largest absolute Gasteiger partial charge is 0.496 e. The van der Waals surface area contributed by atoms with Crippen molar-refractivity contribution in [3.05, 3.63) is 97.0 Å². The molecule has 184 valence electrons. The van der Waals surface area contributed by atoms with Crippen LogP contribution in [0.25, 0.3) is 10.8 Å².